The van der Waals surface area contributed by atoms with Gasteiger partial charge in [0, 0.05) is 6.54 Å². The van der Waals surface area contributed by atoms with Crippen LogP contribution >= 0.6 is 0 Å². The zero-order valence-electron chi connectivity index (χ0n) is 12.6. The van der Waals surface area contributed by atoms with Gasteiger partial charge in [0.05, 0.1) is 25.4 Å². The molecule has 108 valence electrons. The van der Waals surface area contributed by atoms with E-state index in [-0.39, 0.29) is 5.54 Å². The molecule has 1 atom stereocenters. The molecule has 2 heterocycles. The van der Waals surface area contributed by atoms with Gasteiger partial charge in [0.1, 0.15) is 5.69 Å². The first-order chi connectivity index (χ1) is 9.13. The van der Waals surface area contributed by atoms with Crippen LogP contribution in [0.15, 0.2) is 6.20 Å². The number of rotatable bonds is 6. The monoisotopic (exact) mass is 266 g/mol. The van der Waals surface area contributed by atoms with E-state index >= 15 is 0 Å². The summed E-state index contributed by atoms with van der Waals surface area (Å²) in [6.45, 7) is 5.20. The third kappa shape index (κ3) is 2.77. The van der Waals surface area contributed by atoms with Gasteiger partial charge in [0.25, 0.3) is 0 Å². The van der Waals surface area contributed by atoms with Gasteiger partial charge in [-0.2, -0.15) is 5.10 Å². The van der Waals surface area contributed by atoms with Gasteiger partial charge in [-0.25, -0.2) is 0 Å². The van der Waals surface area contributed by atoms with Crippen molar-refractivity contribution in [2.75, 3.05) is 34.3 Å². The lowest BCUT2D eigenvalue weighted by atomic mass is 9.89. The fourth-order valence-electron chi connectivity index (χ4n) is 2.94. The van der Waals surface area contributed by atoms with Crippen LogP contribution in [0, 0.1) is 0 Å². The molecule has 1 unspecified atom stereocenters. The van der Waals surface area contributed by atoms with Crippen LogP contribution in [0.25, 0.3) is 0 Å². The molecule has 1 aromatic heterocycles. The molecule has 0 aromatic carbocycles. The highest BCUT2D eigenvalue weighted by Gasteiger charge is 2.39. The average molecular weight is 266 g/mol. The lowest BCUT2D eigenvalue weighted by Crippen LogP contribution is -2.39. The van der Waals surface area contributed by atoms with E-state index in [4.69, 9.17) is 4.74 Å². The van der Waals surface area contributed by atoms with Crippen LogP contribution in [0.4, 0.5) is 0 Å². The maximum atomic E-state index is 5.54. The molecule has 0 aliphatic carbocycles. The standard InChI is InChI=1S/C14H26N4O/c1-5-14(7-6-8-15-14)13-12(19-4)11-16-18(13)10-9-17(2)3/h11,15H,5-10H2,1-4H3. The van der Waals surface area contributed by atoms with Gasteiger partial charge in [-0.3, -0.25) is 4.68 Å². The predicted molar refractivity (Wildman–Crippen MR) is 76.5 cm³/mol. The maximum absolute atomic E-state index is 5.54. The number of likely N-dealkylation sites (N-methyl/N-ethyl adjacent to an activating group) is 1. The summed E-state index contributed by atoms with van der Waals surface area (Å²) < 4.78 is 7.65. The van der Waals surface area contributed by atoms with Crippen LogP contribution < -0.4 is 10.1 Å². The molecule has 5 heteroatoms. The molecule has 0 spiro atoms. The molecule has 5 nitrogen and oxygen atoms in total. The minimum Gasteiger partial charge on any atom is -0.493 e. The summed E-state index contributed by atoms with van der Waals surface area (Å²) in [7, 11) is 5.91. The van der Waals surface area contributed by atoms with Crippen molar-refractivity contribution in [3.8, 4) is 5.75 Å². The molecule has 1 aliphatic heterocycles. The highest BCUT2D eigenvalue weighted by atomic mass is 16.5. The average Bonchev–Trinajstić information content (AvgIpc) is 3.03. The van der Waals surface area contributed by atoms with E-state index in [0.29, 0.717) is 0 Å². The fourth-order valence-corrected chi connectivity index (χ4v) is 2.94. The molecule has 19 heavy (non-hydrogen) atoms. The summed E-state index contributed by atoms with van der Waals surface area (Å²) in [5.74, 6) is 0.912. The topological polar surface area (TPSA) is 42.3 Å². The molecule has 2 rings (SSSR count). The van der Waals surface area contributed by atoms with Gasteiger partial charge >= 0.3 is 0 Å². The molecule has 0 saturated carbocycles. The first kappa shape index (κ1) is 14.3. The fraction of sp³-hybridized carbons (Fsp3) is 0.786. The van der Waals surface area contributed by atoms with E-state index in [1.165, 1.54) is 12.1 Å². The molecular formula is C14H26N4O. The van der Waals surface area contributed by atoms with Gasteiger partial charge in [0.2, 0.25) is 0 Å². The summed E-state index contributed by atoms with van der Waals surface area (Å²) >= 11 is 0. The van der Waals surface area contributed by atoms with Gasteiger partial charge in [-0.1, -0.05) is 6.92 Å². The van der Waals surface area contributed by atoms with Crippen LogP contribution in [-0.2, 0) is 12.1 Å². The van der Waals surface area contributed by atoms with Crippen LogP contribution in [-0.4, -0.2) is 49.0 Å². The number of ether oxygens (including phenoxy) is 1. The van der Waals surface area contributed by atoms with Gasteiger partial charge in [-0.05, 0) is 39.9 Å². The van der Waals surface area contributed by atoms with E-state index in [2.05, 4.69) is 41.0 Å². The Hall–Kier alpha value is -1.07. The van der Waals surface area contributed by atoms with Crippen LogP contribution in [0.3, 0.4) is 0 Å². The molecule has 1 N–H and O–H groups in total. The van der Waals surface area contributed by atoms with Gasteiger partial charge in [0.15, 0.2) is 5.75 Å². The molecular weight excluding hydrogens is 240 g/mol. The van der Waals surface area contributed by atoms with Crippen molar-refractivity contribution < 1.29 is 4.74 Å². The third-order valence-corrected chi connectivity index (χ3v) is 4.09. The van der Waals surface area contributed by atoms with Crippen molar-refractivity contribution in [1.82, 2.24) is 20.0 Å². The quantitative estimate of drug-likeness (QED) is 0.846. The molecule has 0 bridgehead atoms. The van der Waals surface area contributed by atoms with Crippen molar-refractivity contribution in [1.29, 1.82) is 0 Å². The normalized spacial score (nSPS) is 23.2. The Morgan fingerprint density at radius 1 is 1.53 bits per heavy atom. The van der Waals surface area contributed by atoms with Gasteiger partial charge < -0.3 is 15.0 Å². The number of hydrogen-bond donors (Lipinski definition) is 1. The van der Waals surface area contributed by atoms with Crippen LogP contribution in [0.2, 0.25) is 0 Å². The first-order valence-electron chi connectivity index (χ1n) is 7.13. The highest BCUT2D eigenvalue weighted by Crippen LogP contribution is 2.38. The Morgan fingerprint density at radius 2 is 2.32 bits per heavy atom. The van der Waals surface area contributed by atoms with Crippen LogP contribution in [0.1, 0.15) is 31.9 Å². The largest absolute Gasteiger partial charge is 0.493 e. The van der Waals surface area contributed by atoms with Crippen LogP contribution in [0.5, 0.6) is 5.75 Å². The summed E-state index contributed by atoms with van der Waals surface area (Å²) in [5.41, 5.74) is 1.26. The molecule has 1 saturated heterocycles. The zero-order chi connectivity index (χ0) is 13.9. The number of hydrogen-bond acceptors (Lipinski definition) is 4. The Labute approximate surface area is 115 Å². The minimum atomic E-state index is 0.0359. The number of methoxy groups -OCH3 is 1. The van der Waals surface area contributed by atoms with Crippen molar-refractivity contribution in [3.05, 3.63) is 11.9 Å². The molecule has 1 fully saturated rings. The van der Waals surface area contributed by atoms with Crippen molar-refractivity contribution in [2.24, 2.45) is 0 Å². The Bertz CT molecular complexity index is 408. The summed E-state index contributed by atoms with van der Waals surface area (Å²) in [6.07, 6.45) is 5.29. The van der Waals surface area contributed by atoms with Crippen molar-refractivity contribution in [2.45, 2.75) is 38.3 Å². The van der Waals surface area contributed by atoms with E-state index in [9.17, 15) is 0 Å². The molecule has 0 amide bonds. The smallest absolute Gasteiger partial charge is 0.161 e. The van der Waals surface area contributed by atoms with E-state index in [0.717, 1.165) is 38.2 Å². The highest BCUT2D eigenvalue weighted by molar-refractivity contribution is 5.33. The second-order valence-corrected chi connectivity index (χ2v) is 5.55. The number of nitrogens with zero attached hydrogens (tertiary/aromatic N) is 3. The Kier molecular flexibility index (Phi) is 4.47. The molecule has 0 radical (unpaired) electrons. The Balaban J connectivity index is 2.32. The first-order valence-corrected chi connectivity index (χ1v) is 7.13. The van der Waals surface area contributed by atoms with E-state index in [1.807, 2.05) is 6.20 Å². The van der Waals surface area contributed by atoms with Gasteiger partial charge in [-0.15, -0.1) is 0 Å². The summed E-state index contributed by atoms with van der Waals surface area (Å²) in [4.78, 5) is 2.18. The SMILES string of the molecule is CCC1(c2c(OC)cnn2CCN(C)C)CCCN1. The molecule has 1 aromatic rings. The van der Waals surface area contributed by atoms with E-state index < -0.39 is 0 Å². The minimum absolute atomic E-state index is 0.0359. The number of nitrogens with one attached hydrogen (secondary N) is 1. The Morgan fingerprint density at radius 3 is 2.84 bits per heavy atom. The second kappa shape index (κ2) is 5.92. The maximum Gasteiger partial charge on any atom is 0.161 e. The lowest BCUT2D eigenvalue weighted by molar-refractivity contribution is 0.302. The van der Waals surface area contributed by atoms with Crippen molar-refractivity contribution >= 4 is 0 Å². The predicted octanol–water partition coefficient (Wildman–Crippen LogP) is 1.44. The summed E-state index contributed by atoms with van der Waals surface area (Å²) in [6, 6.07) is 0. The lowest BCUT2D eigenvalue weighted by Gasteiger charge is -2.30. The molecule has 1 aliphatic rings. The summed E-state index contributed by atoms with van der Waals surface area (Å²) in [5, 5.41) is 8.19. The third-order valence-electron chi connectivity index (χ3n) is 4.09. The second-order valence-electron chi connectivity index (χ2n) is 5.55. The van der Waals surface area contributed by atoms with Crippen molar-refractivity contribution in [3.63, 3.8) is 0 Å². The number of aromatic nitrogens is 2. The zero-order valence-corrected chi connectivity index (χ0v) is 12.6. The van der Waals surface area contributed by atoms with E-state index in [1.54, 1.807) is 7.11 Å².